The third kappa shape index (κ3) is 2.92. The van der Waals surface area contributed by atoms with Gasteiger partial charge in [0.2, 0.25) is 10.0 Å². The van der Waals surface area contributed by atoms with E-state index < -0.39 is 15.6 Å². The second kappa shape index (κ2) is 5.25. The molecule has 102 valence electrons. The van der Waals surface area contributed by atoms with E-state index in [9.17, 15) is 13.5 Å². The second-order valence-electron chi connectivity index (χ2n) is 4.74. The first-order valence-corrected chi connectivity index (χ1v) is 7.51. The minimum atomic E-state index is -3.72. The molecule has 0 amide bonds. The summed E-state index contributed by atoms with van der Waals surface area (Å²) in [6, 6.07) is 4.53. The van der Waals surface area contributed by atoms with E-state index in [0.717, 1.165) is 19.0 Å². The van der Waals surface area contributed by atoms with Gasteiger partial charge in [0.1, 0.15) is 16.7 Å². The van der Waals surface area contributed by atoms with Crippen LogP contribution in [0.4, 0.5) is 0 Å². The minimum absolute atomic E-state index is 0.00576. The van der Waals surface area contributed by atoms with Crippen molar-refractivity contribution in [3.63, 3.8) is 0 Å². The van der Waals surface area contributed by atoms with E-state index >= 15 is 0 Å². The summed E-state index contributed by atoms with van der Waals surface area (Å²) in [5, 5.41) is 18.1. The summed E-state index contributed by atoms with van der Waals surface area (Å²) >= 11 is 0. The Morgan fingerprint density at radius 3 is 2.58 bits per heavy atom. The highest BCUT2D eigenvalue weighted by molar-refractivity contribution is 7.89. The zero-order chi connectivity index (χ0) is 13.9. The number of hydrogen-bond donors (Lipinski definition) is 2. The lowest BCUT2D eigenvalue weighted by Gasteiger charge is -2.27. The van der Waals surface area contributed by atoms with Crippen molar-refractivity contribution in [3.05, 3.63) is 24.0 Å². The summed E-state index contributed by atoms with van der Waals surface area (Å²) in [6.45, 7) is -0.212. The van der Waals surface area contributed by atoms with E-state index in [1.807, 2.05) is 6.07 Å². The molecule has 0 saturated heterocycles. The van der Waals surface area contributed by atoms with E-state index in [2.05, 4.69) is 9.71 Å². The fraction of sp³-hybridized carbons (Fsp3) is 0.500. The number of pyridine rings is 1. The molecule has 7 heteroatoms. The van der Waals surface area contributed by atoms with Gasteiger partial charge in [-0.15, -0.1) is 0 Å². The fourth-order valence-electron chi connectivity index (χ4n) is 2.29. The molecule has 1 aromatic rings. The van der Waals surface area contributed by atoms with Gasteiger partial charge in [-0.05, 0) is 25.0 Å². The molecule has 2 rings (SSSR count). The molecular weight excluding hydrogens is 266 g/mol. The summed E-state index contributed by atoms with van der Waals surface area (Å²) in [6.07, 6.45) is 4.21. The lowest BCUT2D eigenvalue weighted by Crippen LogP contribution is -2.49. The first kappa shape index (κ1) is 13.9. The Bertz CT molecular complexity index is 584. The summed E-state index contributed by atoms with van der Waals surface area (Å²) in [7, 11) is -3.72. The van der Waals surface area contributed by atoms with Crippen molar-refractivity contribution in [1.82, 2.24) is 9.71 Å². The SMILES string of the molecule is N#Cc1ccc(S(=O)(=O)NC2(CO)CCCC2)cn1. The second-order valence-corrected chi connectivity index (χ2v) is 6.42. The van der Waals surface area contributed by atoms with Crippen molar-refractivity contribution in [3.8, 4) is 6.07 Å². The van der Waals surface area contributed by atoms with E-state index in [1.165, 1.54) is 12.1 Å². The molecule has 6 nitrogen and oxygen atoms in total. The number of aliphatic hydroxyl groups excluding tert-OH is 1. The van der Waals surface area contributed by atoms with Crippen LogP contribution in [0.2, 0.25) is 0 Å². The third-order valence-corrected chi connectivity index (χ3v) is 4.94. The molecule has 1 heterocycles. The largest absolute Gasteiger partial charge is 0.394 e. The molecule has 0 aliphatic heterocycles. The zero-order valence-electron chi connectivity index (χ0n) is 10.3. The number of sulfonamides is 1. The Labute approximate surface area is 112 Å². The molecule has 1 aromatic heterocycles. The quantitative estimate of drug-likeness (QED) is 0.838. The highest BCUT2D eigenvalue weighted by Crippen LogP contribution is 2.30. The first-order valence-electron chi connectivity index (χ1n) is 6.02. The van der Waals surface area contributed by atoms with Crippen molar-refractivity contribution < 1.29 is 13.5 Å². The summed E-state index contributed by atoms with van der Waals surface area (Å²) in [5.41, 5.74) is -0.594. The number of nitriles is 1. The van der Waals surface area contributed by atoms with Gasteiger partial charge in [0.15, 0.2) is 0 Å². The van der Waals surface area contributed by atoms with Crippen molar-refractivity contribution in [1.29, 1.82) is 5.26 Å². The predicted molar refractivity (Wildman–Crippen MR) is 67.6 cm³/mol. The van der Waals surface area contributed by atoms with Crippen molar-refractivity contribution in [2.45, 2.75) is 36.1 Å². The van der Waals surface area contributed by atoms with Crippen LogP contribution in [0.3, 0.4) is 0 Å². The molecule has 0 aromatic carbocycles. The Balaban J connectivity index is 2.24. The smallest absolute Gasteiger partial charge is 0.242 e. The van der Waals surface area contributed by atoms with Crippen LogP contribution >= 0.6 is 0 Å². The summed E-state index contributed by atoms with van der Waals surface area (Å²) < 4.78 is 27.0. The normalized spacial score (nSPS) is 18.1. The molecule has 2 N–H and O–H groups in total. The predicted octanol–water partition coefficient (Wildman–Crippen LogP) is 0.537. The molecular formula is C12H15N3O3S. The van der Waals surface area contributed by atoms with E-state index in [-0.39, 0.29) is 17.2 Å². The van der Waals surface area contributed by atoms with E-state index in [0.29, 0.717) is 12.8 Å². The van der Waals surface area contributed by atoms with Gasteiger partial charge in [-0.1, -0.05) is 12.8 Å². The molecule has 0 unspecified atom stereocenters. The van der Waals surface area contributed by atoms with E-state index in [1.54, 1.807) is 0 Å². The van der Waals surface area contributed by atoms with Crippen LogP contribution in [0.15, 0.2) is 23.2 Å². The fourth-order valence-corrected chi connectivity index (χ4v) is 3.69. The molecule has 0 atom stereocenters. The Kier molecular flexibility index (Phi) is 3.85. The number of nitrogens with one attached hydrogen (secondary N) is 1. The van der Waals surface area contributed by atoms with Gasteiger partial charge >= 0.3 is 0 Å². The van der Waals surface area contributed by atoms with Crippen LogP contribution < -0.4 is 4.72 Å². The lowest BCUT2D eigenvalue weighted by molar-refractivity contribution is 0.185. The first-order chi connectivity index (χ1) is 9.01. The molecule has 0 bridgehead atoms. The molecule has 1 fully saturated rings. The molecule has 1 aliphatic carbocycles. The molecule has 0 spiro atoms. The summed E-state index contributed by atoms with van der Waals surface area (Å²) in [5.74, 6) is 0. The maximum absolute atomic E-state index is 12.2. The summed E-state index contributed by atoms with van der Waals surface area (Å²) in [4.78, 5) is 3.75. The molecule has 1 saturated carbocycles. The van der Waals surface area contributed by atoms with Crippen LogP contribution in [0.1, 0.15) is 31.4 Å². The number of hydrogen-bond acceptors (Lipinski definition) is 5. The van der Waals surface area contributed by atoms with E-state index in [4.69, 9.17) is 5.26 Å². The van der Waals surface area contributed by atoms with Gasteiger partial charge in [0.25, 0.3) is 0 Å². The monoisotopic (exact) mass is 281 g/mol. The zero-order valence-corrected chi connectivity index (χ0v) is 11.2. The number of aliphatic hydroxyl groups is 1. The van der Waals surface area contributed by atoms with Crippen LogP contribution in [0.5, 0.6) is 0 Å². The molecule has 19 heavy (non-hydrogen) atoms. The standard InChI is InChI=1S/C12H15N3O3S/c13-7-10-3-4-11(8-14-10)19(17,18)15-12(9-16)5-1-2-6-12/h3-4,8,15-16H,1-2,5-6,9H2. The van der Waals surface area contributed by atoms with Crippen molar-refractivity contribution >= 4 is 10.0 Å². The van der Waals surface area contributed by atoms with Crippen LogP contribution in [0.25, 0.3) is 0 Å². The van der Waals surface area contributed by atoms with Crippen molar-refractivity contribution in [2.75, 3.05) is 6.61 Å². The lowest BCUT2D eigenvalue weighted by atomic mass is 10.0. The van der Waals surface area contributed by atoms with Crippen LogP contribution in [-0.2, 0) is 10.0 Å². The Hall–Kier alpha value is -1.49. The topological polar surface area (TPSA) is 103 Å². The Morgan fingerprint density at radius 1 is 1.42 bits per heavy atom. The van der Waals surface area contributed by atoms with Gasteiger partial charge < -0.3 is 5.11 Å². The third-order valence-electron chi connectivity index (χ3n) is 3.38. The number of aromatic nitrogens is 1. The highest BCUT2D eigenvalue weighted by atomic mass is 32.2. The average Bonchev–Trinajstić information content (AvgIpc) is 2.87. The Morgan fingerprint density at radius 2 is 2.11 bits per heavy atom. The van der Waals surface area contributed by atoms with Gasteiger partial charge in [0.05, 0.1) is 12.1 Å². The maximum atomic E-state index is 12.2. The van der Waals surface area contributed by atoms with Crippen LogP contribution in [0, 0.1) is 11.3 Å². The number of nitrogens with zero attached hydrogens (tertiary/aromatic N) is 2. The maximum Gasteiger partial charge on any atom is 0.242 e. The molecule has 1 aliphatic rings. The minimum Gasteiger partial charge on any atom is -0.394 e. The number of rotatable bonds is 4. The van der Waals surface area contributed by atoms with Gasteiger partial charge in [-0.2, -0.15) is 5.26 Å². The van der Waals surface area contributed by atoms with Gasteiger partial charge in [0, 0.05) is 6.20 Å². The molecule has 0 radical (unpaired) electrons. The van der Waals surface area contributed by atoms with Gasteiger partial charge in [-0.3, -0.25) is 0 Å². The highest BCUT2D eigenvalue weighted by Gasteiger charge is 2.37. The van der Waals surface area contributed by atoms with Gasteiger partial charge in [-0.25, -0.2) is 18.1 Å². The van der Waals surface area contributed by atoms with Crippen LogP contribution in [-0.4, -0.2) is 30.7 Å². The average molecular weight is 281 g/mol. The van der Waals surface area contributed by atoms with Crippen molar-refractivity contribution in [2.24, 2.45) is 0 Å².